The molecule has 1 fully saturated rings. The summed E-state index contributed by atoms with van der Waals surface area (Å²) in [6.45, 7) is 0.483. The van der Waals surface area contributed by atoms with E-state index in [2.05, 4.69) is 32.1 Å². The summed E-state index contributed by atoms with van der Waals surface area (Å²) in [5.74, 6) is 3.94. The van der Waals surface area contributed by atoms with E-state index >= 15 is 0 Å². The van der Waals surface area contributed by atoms with Crippen LogP contribution in [0.2, 0.25) is 0 Å². The summed E-state index contributed by atoms with van der Waals surface area (Å²) in [5.41, 5.74) is 6.31. The van der Waals surface area contributed by atoms with Crippen molar-refractivity contribution in [3.05, 3.63) is 42.1 Å². The SMILES string of the molecule is CNc1nc(-c2cccc(C#C[C@]3(O)CCN(C)C3=O)c2)nc2c(N)nccc12.O=C(O)C(F)(F)F. The van der Waals surface area contributed by atoms with Crippen LogP contribution < -0.4 is 11.1 Å². The van der Waals surface area contributed by atoms with E-state index in [1.165, 1.54) is 4.90 Å². The van der Waals surface area contributed by atoms with Gasteiger partial charge in [-0.1, -0.05) is 24.0 Å². The molecule has 188 valence electrons. The number of hydrogen-bond donors (Lipinski definition) is 4. The fourth-order valence-electron chi connectivity index (χ4n) is 3.28. The number of halogens is 3. The first-order chi connectivity index (χ1) is 16.9. The van der Waals surface area contributed by atoms with Crippen LogP contribution in [0.1, 0.15) is 12.0 Å². The lowest BCUT2D eigenvalue weighted by atomic mass is 10.0. The van der Waals surface area contributed by atoms with Gasteiger partial charge in [0, 0.05) is 49.8 Å². The average Bonchev–Trinajstić information content (AvgIpc) is 3.10. The van der Waals surface area contributed by atoms with Gasteiger partial charge in [0.05, 0.1) is 0 Å². The summed E-state index contributed by atoms with van der Waals surface area (Å²) < 4.78 is 31.7. The number of fused-ring (bicyclic) bond motifs is 1. The number of nitrogens with two attached hydrogens (primary N) is 1. The van der Waals surface area contributed by atoms with Crippen LogP contribution in [0.25, 0.3) is 22.3 Å². The van der Waals surface area contributed by atoms with Crippen LogP contribution >= 0.6 is 0 Å². The van der Waals surface area contributed by atoms with Crippen LogP contribution in [0.5, 0.6) is 0 Å². The van der Waals surface area contributed by atoms with Crippen molar-refractivity contribution in [3.63, 3.8) is 0 Å². The molecule has 1 saturated heterocycles. The Kier molecular flexibility index (Phi) is 7.30. The lowest BCUT2D eigenvalue weighted by Crippen LogP contribution is -2.37. The average molecular weight is 502 g/mol. The highest BCUT2D eigenvalue weighted by Gasteiger charge is 2.42. The lowest BCUT2D eigenvalue weighted by Gasteiger charge is -2.13. The fraction of sp³-hybridized carbons (Fsp3) is 0.261. The number of nitrogens with one attached hydrogen (secondary N) is 1. The molecule has 0 aliphatic carbocycles. The summed E-state index contributed by atoms with van der Waals surface area (Å²) in [4.78, 5) is 35.7. The van der Waals surface area contributed by atoms with Crippen molar-refractivity contribution >= 4 is 34.4 Å². The second kappa shape index (κ2) is 10.0. The third-order valence-corrected chi connectivity index (χ3v) is 5.17. The molecular weight excluding hydrogens is 481 g/mol. The van der Waals surface area contributed by atoms with Crippen molar-refractivity contribution in [3.8, 4) is 23.2 Å². The molecule has 10 nitrogen and oxygen atoms in total. The molecule has 1 aliphatic rings. The quantitative estimate of drug-likeness (QED) is 0.385. The number of aromatic nitrogens is 3. The van der Waals surface area contributed by atoms with Gasteiger partial charge < -0.3 is 26.2 Å². The molecule has 0 saturated carbocycles. The zero-order chi connectivity index (χ0) is 26.7. The number of likely N-dealkylation sites (tertiary alicyclic amines) is 1. The minimum atomic E-state index is -5.08. The molecule has 36 heavy (non-hydrogen) atoms. The number of nitrogen functional groups attached to an aromatic ring is 1. The van der Waals surface area contributed by atoms with E-state index in [0.717, 1.165) is 10.9 Å². The van der Waals surface area contributed by atoms with E-state index in [1.54, 1.807) is 32.4 Å². The fourth-order valence-corrected chi connectivity index (χ4v) is 3.28. The molecule has 2 aromatic heterocycles. The number of carboxylic acids is 1. The maximum absolute atomic E-state index is 12.1. The highest BCUT2D eigenvalue weighted by Crippen LogP contribution is 2.27. The normalized spacial score (nSPS) is 17.2. The van der Waals surface area contributed by atoms with E-state index in [0.29, 0.717) is 41.5 Å². The minimum absolute atomic E-state index is 0.292. The first-order valence-electron chi connectivity index (χ1n) is 10.4. The van der Waals surface area contributed by atoms with Crippen LogP contribution in [-0.2, 0) is 9.59 Å². The van der Waals surface area contributed by atoms with Crippen LogP contribution in [-0.4, -0.2) is 74.4 Å². The van der Waals surface area contributed by atoms with E-state index in [1.807, 2.05) is 18.2 Å². The molecule has 1 aliphatic heterocycles. The van der Waals surface area contributed by atoms with Gasteiger partial charge in [0.25, 0.3) is 5.91 Å². The third kappa shape index (κ3) is 5.61. The summed E-state index contributed by atoms with van der Waals surface area (Å²) in [6, 6.07) is 9.11. The highest BCUT2D eigenvalue weighted by atomic mass is 19.4. The van der Waals surface area contributed by atoms with Crippen LogP contribution in [0.4, 0.5) is 24.8 Å². The number of benzene rings is 1. The Bertz CT molecular complexity index is 1390. The van der Waals surface area contributed by atoms with Crippen molar-refractivity contribution in [2.45, 2.75) is 18.2 Å². The summed E-state index contributed by atoms with van der Waals surface area (Å²) in [6.07, 6.45) is -3.18. The smallest absolute Gasteiger partial charge is 0.475 e. The molecule has 3 aromatic rings. The standard InChI is InChI=1S/C21H20N6O2.C2HF3O2/c1-23-19-15-7-10-24-17(22)16(15)25-18(26-19)14-5-3-4-13(12-14)6-8-21(29)9-11-27(2)20(21)28;3-2(4,5)1(6)7/h3-5,7,10,12,29H,9,11H2,1-2H3,(H2,22,24)(H,23,25,26);(H,6,7)/t21-;/m0./s1. The number of alkyl halides is 3. The van der Waals surface area contributed by atoms with Gasteiger partial charge >= 0.3 is 12.1 Å². The van der Waals surface area contributed by atoms with Crippen LogP contribution in [0.3, 0.4) is 0 Å². The third-order valence-electron chi connectivity index (χ3n) is 5.17. The Hall–Kier alpha value is -4.44. The molecular formula is C23H21F3N6O4. The predicted molar refractivity (Wildman–Crippen MR) is 125 cm³/mol. The number of aliphatic carboxylic acids is 1. The second-order valence-electron chi connectivity index (χ2n) is 7.71. The zero-order valence-electron chi connectivity index (χ0n) is 19.1. The molecule has 1 aromatic carbocycles. The number of anilines is 2. The van der Waals surface area contributed by atoms with Gasteiger partial charge in [0.2, 0.25) is 5.60 Å². The van der Waals surface area contributed by atoms with Crippen molar-refractivity contribution in [1.82, 2.24) is 19.9 Å². The van der Waals surface area contributed by atoms with Crippen molar-refractivity contribution in [2.75, 3.05) is 31.7 Å². The first-order valence-corrected chi connectivity index (χ1v) is 10.4. The minimum Gasteiger partial charge on any atom is -0.475 e. The molecule has 5 N–H and O–H groups in total. The number of carbonyl (C=O) groups excluding carboxylic acids is 1. The molecule has 0 radical (unpaired) electrons. The van der Waals surface area contributed by atoms with Crippen LogP contribution in [0.15, 0.2) is 36.5 Å². The summed E-state index contributed by atoms with van der Waals surface area (Å²) in [7, 11) is 3.43. The van der Waals surface area contributed by atoms with E-state index in [-0.39, 0.29) is 5.91 Å². The number of likely N-dealkylation sites (N-methyl/N-ethyl adjacent to an activating group) is 1. The van der Waals surface area contributed by atoms with Gasteiger partial charge in [-0.2, -0.15) is 13.2 Å². The highest BCUT2D eigenvalue weighted by molar-refractivity contribution is 5.96. The second-order valence-corrected chi connectivity index (χ2v) is 7.71. The largest absolute Gasteiger partial charge is 0.490 e. The molecule has 1 amide bonds. The molecule has 0 unspecified atom stereocenters. The van der Waals surface area contributed by atoms with Crippen molar-refractivity contribution < 1.29 is 33.0 Å². The number of hydrogen-bond acceptors (Lipinski definition) is 8. The Labute approximate surface area is 203 Å². The number of carboxylic acid groups (broad SMARTS) is 1. The Morgan fingerprint density at radius 3 is 2.56 bits per heavy atom. The molecule has 0 bridgehead atoms. The van der Waals surface area contributed by atoms with Gasteiger partial charge in [0.1, 0.15) is 17.2 Å². The van der Waals surface area contributed by atoms with Gasteiger partial charge in [-0.25, -0.2) is 19.7 Å². The maximum Gasteiger partial charge on any atom is 0.490 e. The maximum atomic E-state index is 12.1. The first kappa shape index (κ1) is 26.2. The van der Waals surface area contributed by atoms with Gasteiger partial charge in [0.15, 0.2) is 5.82 Å². The van der Waals surface area contributed by atoms with Crippen molar-refractivity contribution in [2.24, 2.45) is 0 Å². The van der Waals surface area contributed by atoms with E-state index in [9.17, 15) is 23.1 Å². The number of pyridine rings is 1. The molecule has 0 spiro atoms. The summed E-state index contributed by atoms with van der Waals surface area (Å²) >= 11 is 0. The monoisotopic (exact) mass is 502 g/mol. The number of rotatable bonds is 2. The van der Waals surface area contributed by atoms with Gasteiger partial charge in [-0.15, -0.1) is 0 Å². The Morgan fingerprint density at radius 2 is 1.97 bits per heavy atom. The number of carbonyl (C=O) groups is 2. The number of amides is 1. The van der Waals surface area contributed by atoms with Crippen LogP contribution in [0, 0.1) is 11.8 Å². The van der Waals surface area contributed by atoms with Crippen molar-refractivity contribution in [1.29, 1.82) is 0 Å². The van der Waals surface area contributed by atoms with E-state index < -0.39 is 17.7 Å². The summed E-state index contributed by atoms with van der Waals surface area (Å²) in [5, 5.41) is 21.4. The molecule has 3 heterocycles. The lowest BCUT2D eigenvalue weighted by molar-refractivity contribution is -0.192. The predicted octanol–water partition coefficient (Wildman–Crippen LogP) is 1.89. The number of aliphatic hydroxyl groups is 1. The molecule has 4 rings (SSSR count). The Morgan fingerprint density at radius 1 is 1.28 bits per heavy atom. The molecule has 1 atom stereocenters. The van der Waals surface area contributed by atoms with Gasteiger partial charge in [-0.3, -0.25) is 4.79 Å². The van der Waals surface area contributed by atoms with E-state index in [4.69, 9.17) is 15.6 Å². The molecule has 13 heteroatoms. The zero-order valence-corrected chi connectivity index (χ0v) is 19.1. The Balaban J connectivity index is 0.000000454. The van der Waals surface area contributed by atoms with Gasteiger partial charge in [-0.05, 0) is 18.2 Å². The topological polar surface area (TPSA) is 155 Å². The number of nitrogens with zero attached hydrogens (tertiary/aromatic N) is 4.